The molecule has 1 rings (SSSR count). The first kappa shape index (κ1) is 13.9. The van der Waals surface area contributed by atoms with Crippen LogP contribution in [0.5, 0.6) is 5.75 Å². The Morgan fingerprint density at radius 1 is 1.53 bits per heavy atom. The van der Waals surface area contributed by atoms with Crippen molar-refractivity contribution >= 4 is 28.6 Å². The second-order valence-corrected chi connectivity index (χ2v) is 3.82. The third-order valence-corrected chi connectivity index (χ3v) is 2.70. The van der Waals surface area contributed by atoms with E-state index in [0.717, 1.165) is 0 Å². The molecule has 0 radical (unpaired) electrons. The van der Waals surface area contributed by atoms with Crippen molar-refractivity contribution in [3.8, 4) is 5.75 Å². The van der Waals surface area contributed by atoms with Gasteiger partial charge in [0.05, 0.1) is 15.5 Å². The zero-order valence-electron chi connectivity index (χ0n) is 7.89. The number of rotatable bonds is 3. The molecule has 0 spiro atoms. The van der Waals surface area contributed by atoms with Gasteiger partial charge in [-0.1, -0.05) is 0 Å². The first-order chi connectivity index (χ1) is 7.76. The summed E-state index contributed by atoms with van der Waals surface area (Å²) < 4.78 is 51.5. The van der Waals surface area contributed by atoms with E-state index < -0.39 is 36.0 Å². The second kappa shape index (κ2) is 5.02. The highest BCUT2D eigenvalue weighted by Gasteiger charge is 2.33. The van der Waals surface area contributed by atoms with Crippen LogP contribution in [0, 0.1) is 3.57 Å². The summed E-state index contributed by atoms with van der Waals surface area (Å²) in [6, 6.07) is 0. The number of carboxylic acids is 1. The molecule has 1 aromatic rings. The summed E-state index contributed by atoms with van der Waals surface area (Å²) in [5.41, 5.74) is -1.08. The maximum Gasteiger partial charge on any atom is 0.573 e. The average molecular weight is 365 g/mol. The lowest BCUT2D eigenvalue weighted by Crippen LogP contribution is -2.19. The standard InChI is InChI=1S/C8H4F4INO3/c9-1-3-5(7(15)16)6(13)4(2-14-3)17-8(10,11)12/h2H,1H2,(H,15,16). The molecule has 1 aromatic heterocycles. The van der Waals surface area contributed by atoms with Gasteiger partial charge in [-0.25, -0.2) is 9.18 Å². The molecule has 0 unspecified atom stereocenters. The van der Waals surface area contributed by atoms with E-state index >= 15 is 0 Å². The number of alkyl halides is 4. The number of hydrogen-bond donors (Lipinski definition) is 1. The van der Waals surface area contributed by atoms with Crippen LogP contribution in [0.3, 0.4) is 0 Å². The molecule has 1 N–H and O–H groups in total. The summed E-state index contributed by atoms with van der Waals surface area (Å²) in [5.74, 6) is -2.34. The SMILES string of the molecule is O=C(O)c1c(CF)ncc(OC(F)(F)F)c1I. The van der Waals surface area contributed by atoms with E-state index in [1.54, 1.807) is 0 Å². The predicted molar refractivity (Wildman–Crippen MR) is 55.4 cm³/mol. The number of ether oxygens (including phenoxy) is 1. The number of halogens is 5. The van der Waals surface area contributed by atoms with E-state index in [1.807, 2.05) is 0 Å². The van der Waals surface area contributed by atoms with Crippen LogP contribution in [-0.4, -0.2) is 22.4 Å². The Hall–Kier alpha value is -1.13. The van der Waals surface area contributed by atoms with Crippen molar-refractivity contribution in [2.45, 2.75) is 13.0 Å². The zero-order valence-corrected chi connectivity index (χ0v) is 10.0. The van der Waals surface area contributed by atoms with Crippen LogP contribution in [0.25, 0.3) is 0 Å². The lowest BCUT2D eigenvalue weighted by atomic mass is 10.2. The number of pyridine rings is 1. The Balaban J connectivity index is 3.28. The molecule has 0 bridgehead atoms. The van der Waals surface area contributed by atoms with E-state index in [2.05, 4.69) is 9.72 Å². The lowest BCUT2D eigenvalue weighted by Gasteiger charge is -2.12. The fourth-order valence-electron chi connectivity index (χ4n) is 1.02. The van der Waals surface area contributed by atoms with Crippen LogP contribution in [-0.2, 0) is 6.67 Å². The van der Waals surface area contributed by atoms with Gasteiger partial charge in [-0.15, -0.1) is 13.2 Å². The fourth-order valence-corrected chi connectivity index (χ4v) is 1.81. The number of nitrogens with zero attached hydrogens (tertiary/aromatic N) is 1. The molecule has 0 aromatic carbocycles. The van der Waals surface area contributed by atoms with Crippen LogP contribution in [0.4, 0.5) is 17.6 Å². The lowest BCUT2D eigenvalue weighted by molar-refractivity contribution is -0.275. The molecule has 0 aliphatic carbocycles. The molecule has 0 fully saturated rings. The van der Waals surface area contributed by atoms with Crippen molar-refractivity contribution < 1.29 is 32.2 Å². The van der Waals surface area contributed by atoms with Crippen LogP contribution >= 0.6 is 22.6 Å². The highest BCUT2D eigenvalue weighted by molar-refractivity contribution is 14.1. The van der Waals surface area contributed by atoms with Gasteiger partial charge < -0.3 is 9.84 Å². The van der Waals surface area contributed by atoms with E-state index in [0.29, 0.717) is 6.20 Å². The minimum absolute atomic E-state index is 0.352. The van der Waals surface area contributed by atoms with Gasteiger partial charge in [-0.3, -0.25) is 4.98 Å². The zero-order chi connectivity index (χ0) is 13.2. The Morgan fingerprint density at radius 3 is 2.53 bits per heavy atom. The topological polar surface area (TPSA) is 59.4 Å². The van der Waals surface area contributed by atoms with E-state index in [9.17, 15) is 22.4 Å². The van der Waals surface area contributed by atoms with Gasteiger partial charge in [0.15, 0.2) is 5.75 Å². The molecule has 1 heterocycles. The van der Waals surface area contributed by atoms with E-state index in [-0.39, 0.29) is 3.57 Å². The molecule has 94 valence electrons. The highest BCUT2D eigenvalue weighted by Crippen LogP contribution is 2.30. The smallest absolute Gasteiger partial charge is 0.478 e. The first-order valence-corrected chi connectivity index (χ1v) is 5.06. The predicted octanol–water partition coefficient (Wildman–Crippen LogP) is 2.75. The summed E-state index contributed by atoms with van der Waals surface area (Å²) >= 11 is 1.33. The number of aromatic nitrogens is 1. The maximum atomic E-state index is 12.4. The van der Waals surface area contributed by atoms with Crippen molar-refractivity contribution in [1.29, 1.82) is 0 Å². The van der Waals surface area contributed by atoms with Gasteiger partial charge in [-0.2, -0.15) is 0 Å². The number of hydrogen-bond acceptors (Lipinski definition) is 3. The molecule has 0 atom stereocenters. The van der Waals surface area contributed by atoms with Crippen molar-refractivity contribution in [3.63, 3.8) is 0 Å². The normalized spacial score (nSPS) is 11.4. The number of carboxylic acid groups (broad SMARTS) is 1. The van der Waals surface area contributed by atoms with Gasteiger partial charge in [0, 0.05) is 0 Å². The summed E-state index contributed by atoms with van der Waals surface area (Å²) in [4.78, 5) is 14.0. The van der Waals surface area contributed by atoms with Gasteiger partial charge in [0.2, 0.25) is 0 Å². The molecule has 9 heteroatoms. The minimum Gasteiger partial charge on any atom is -0.478 e. The summed E-state index contributed by atoms with van der Waals surface area (Å²) in [5, 5.41) is 8.75. The Bertz CT molecular complexity index is 449. The van der Waals surface area contributed by atoms with Gasteiger partial charge >= 0.3 is 12.3 Å². The summed E-state index contributed by atoms with van der Waals surface area (Å²) in [6.07, 6.45) is -4.33. The molecule has 4 nitrogen and oxygen atoms in total. The first-order valence-electron chi connectivity index (χ1n) is 3.98. The Labute approximate surface area is 106 Å². The van der Waals surface area contributed by atoms with Gasteiger partial charge in [0.25, 0.3) is 0 Å². The van der Waals surface area contributed by atoms with Crippen LogP contribution < -0.4 is 4.74 Å². The van der Waals surface area contributed by atoms with Crippen LogP contribution in [0.1, 0.15) is 16.1 Å². The van der Waals surface area contributed by atoms with Crippen molar-refractivity contribution in [2.24, 2.45) is 0 Å². The fraction of sp³-hybridized carbons (Fsp3) is 0.250. The Kier molecular flexibility index (Phi) is 4.11. The molecular formula is C8H4F4INO3. The highest BCUT2D eigenvalue weighted by atomic mass is 127. The van der Waals surface area contributed by atoms with Crippen molar-refractivity contribution in [2.75, 3.05) is 0 Å². The summed E-state index contributed by atoms with van der Waals surface area (Å²) in [6.45, 7) is -1.19. The molecule has 0 amide bonds. The van der Waals surface area contributed by atoms with Crippen molar-refractivity contribution in [3.05, 3.63) is 21.0 Å². The number of carbonyl (C=O) groups is 1. The minimum atomic E-state index is -4.96. The molecule has 0 saturated heterocycles. The van der Waals surface area contributed by atoms with Crippen LogP contribution in [0.2, 0.25) is 0 Å². The second-order valence-electron chi connectivity index (χ2n) is 2.74. The Morgan fingerprint density at radius 2 is 2.12 bits per heavy atom. The van der Waals surface area contributed by atoms with Crippen LogP contribution in [0.15, 0.2) is 6.20 Å². The molecule has 0 aliphatic rings. The molecule has 0 saturated carbocycles. The third-order valence-electron chi connectivity index (χ3n) is 1.63. The van der Waals surface area contributed by atoms with E-state index in [4.69, 9.17) is 5.11 Å². The average Bonchev–Trinajstić information content (AvgIpc) is 2.18. The molecule has 0 aliphatic heterocycles. The summed E-state index contributed by atoms with van der Waals surface area (Å²) in [7, 11) is 0. The van der Waals surface area contributed by atoms with Gasteiger partial charge in [-0.05, 0) is 22.6 Å². The third kappa shape index (κ3) is 3.41. The van der Waals surface area contributed by atoms with Crippen molar-refractivity contribution in [1.82, 2.24) is 4.98 Å². The molecule has 17 heavy (non-hydrogen) atoms. The quantitative estimate of drug-likeness (QED) is 0.661. The maximum absolute atomic E-state index is 12.4. The van der Waals surface area contributed by atoms with Gasteiger partial charge in [0.1, 0.15) is 12.2 Å². The number of aromatic carboxylic acids is 1. The van der Waals surface area contributed by atoms with E-state index in [1.165, 1.54) is 22.6 Å². The monoisotopic (exact) mass is 365 g/mol. The largest absolute Gasteiger partial charge is 0.573 e. The molecular weight excluding hydrogens is 361 g/mol.